The van der Waals surface area contributed by atoms with Gasteiger partial charge >= 0.3 is 6.36 Å². The normalized spacial score (nSPS) is 12.2. The van der Waals surface area contributed by atoms with Crippen LogP contribution in [0.4, 0.5) is 13.2 Å². The van der Waals surface area contributed by atoms with Crippen LogP contribution in [-0.2, 0) is 0 Å². The molecule has 1 heterocycles. The molecule has 0 bridgehead atoms. The van der Waals surface area contributed by atoms with Gasteiger partial charge in [-0.25, -0.2) is 4.98 Å². The van der Waals surface area contributed by atoms with E-state index in [1.807, 2.05) is 13.8 Å². The predicted octanol–water partition coefficient (Wildman–Crippen LogP) is 3.17. The van der Waals surface area contributed by atoms with Crippen molar-refractivity contribution in [3.05, 3.63) is 11.1 Å². The van der Waals surface area contributed by atoms with E-state index in [1.54, 1.807) is 0 Å². The van der Waals surface area contributed by atoms with Gasteiger partial charge in [0.15, 0.2) is 0 Å². The molecule has 0 aliphatic heterocycles. The lowest BCUT2D eigenvalue weighted by Gasteiger charge is -2.03. The zero-order valence-corrected chi connectivity index (χ0v) is 7.87. The van der Waals surface area contributed by atoms with E-state index in [0.717, 1.165) is 16.2 Å². The molecule has 1 aromatic rings. The molecule has 13 heavy (non-hydrogen) atoms. The fraction of sp³-hybridized carbons (Fsp3) is 0.571. The minimum Gasteiger partial charge on any atom is -0.378 e. The summed E-state index contributed by atoms with van der Waals surface area (Å²) in [6.45, 7) is 3.76. The van der Waals surface area contributed by atoms with E-state index in [0.29, 0.717) is 0 Å². The Kier molecular flexibility index (Phi) is 2.80. The van der Waals surface area contributed by atoms with E-state index >= 15 is 0 Å². The summed E-state index contributed by atoms with van der Waals surface area (Å²) < 4.78 is 38.7. The van der Waals surface area contributed by atoms with Gasteiger partial charge in [-0.1, -0.05) is 25.2 Å². The summed E-state index contributed by atoms with van der Waals surface area (Å²) in [4.78, 5) is 4.28. The maximum Gasteiger partial charge on any atom is 0.574 e. The first kappa shape index (κ1) is 10.3. The van der Waals surface area contributed by atoms with Gasteiger partial charge in [0, 0.05) is 11.1 Å². The van der Waals surface area contributed by atoms with Crippen LogP contribution in [0.25, 0.3) is 0 Å². The molecule has 2 nitrogen and oxygen atoms in total. The first-order chi connectivity index (χ1) is 5.88. The number of ether oxygens (including phenoxy) is 1. The quantitative estimate of drug-likeness (QED) is 0.749. The smallest absolute Gasteiger partial charge is 0.378 e. The Balaban J connectivity index is 2.70. The van der Waals surface area contributed by atoms with Crippen molar-refractivity contribution < 1.29 is 17.9 Å². The Morgan fingerprint density at radius 2 is 2.08 bits per heavy atom. The first-order valence-electron chi connectivity index (χ1n) is 3.60. The molecule has 74 valence electrons. The molecule has 0 radical (unpaired) electrons. The highest BCUT2D eigenvalue weighted by molar-refractivity contribution is 7.13. The fourth-order valence-electron chi connectivity index (χ4n) is 0.683. The molecular formula is C7H8F3NOS. The van der Waals surface area contributed by atoms with E-state index in [9.17, 15) is 13.2 Å². The number of hydrogen-bond acceptors (Lipinski definition) is 3. The number of thiazole rings is 1. The van der Waals surface area contributed by atoms with Crippen LogP contribution < -0.4 is 4.74 Å². The topological polar surface area (TPSA) is 22.1 Å². The number of halogens is 3. The van der Waals surface area contributed by atoms with Gasteiger partial charge in [-0.2, -0.15) is 0 Å². The van der Waals surface area contributed by atoms with Crippen LogP contribution in [-0.4, -0.2) is 11.3 Å². The van der Waals surface area contributed by atoms with Crippen molar-refractivity contribution in [1.29, 1.82) is 0 Å². The zero-order valence-electron chi connectivity index (χ0n) is 7.05. The van der Waals surface area contributed by atoms with E-state index in [4.69, 9.17) is 0 Å². The van der Waals surface area contributed by atoms with Crippen LogP contribution >= 0.6 is 11.3 Å². The van der Waals surface area contributed by atoms with Crippen molar-refractivity contribution >= 4 is 11.3 Å². The van der Waals surface area contributed by atoms with Crippen LogP contribution in [0, 0.1) is 0 Å². The second-order valence-corrected chi connectivity index (χ2v) is 3.76. The van der Waals surface area contributed by atoms with Crippen molar-refractivity contribution in [3.63, 3.8) is 0 Å². The molecule has 0 saturated carbocycles. The zero-order chi connectivity index (χ0) is 10.1. The molecule has 1 rings (SSSR count). The lowest BCUT2D eigenvalue weighted by Crippen LogP contribution is -2.16. The SMILES string of the molecule is CC(C)c1cnc(OC(F)(F)F)s1. The summed E-state index contributed by atoms with van der Waals surface area (Å²) >= 11 is 0.915. The molecule has 0 amide bonds. The van der Waals surface area contributed by atoms with E-state index < -0.39 is 6.36 Å². The summed E-state index contributed by atoms with van der Waals surface area (Å²) in [5.74, 6) is 0.170. The summed E-state index contributed by atoms with van der Waals surface area (Å²) in [7, 11) is 0. The van der Waals surface area contributed by atoms with Crippen LogP contribution in [0.5, 0.6) is 5.19 Å². The average molecular weight is 211 g/mol. The Morgan fingerprint density at radius 3 is 2.46 bits per heavy atom. The van der Waals surface area contributed by atoms with Gasteiger partial charge in [0.05, 0.1) is 0 Å². The maximum atomic E-state index is 11.7. The van der Waals surface area contributed by atoms with Crippen molar-refractivity contribution in [2.24, 2.45) is 0 Å². The highest BCUT2D eigenvalue weighted by Gasteiger charge is 2.32. The number of aromatic nitrogens is 1. The molecule has 1 aromatic heterocycles. The van der Waals surface area contributed by atoms with Crippen molar-refractivity contribution in [2.75, 3.05) is 0 Å². The van der Waals surface area contributed by atoms with Crippen LogP contribution in [0.3, 0.4) is 0 Å². The second kappa shape index (κ2) is 3.53. The van der Waals surface area contributed by atoms with Gasteiger partial charge in [-0.3, -0.25) is 0 Å². The monoisotopic (exact) mass is 211 g/mol. The summed E-state index contributed by atoms with van der Waals surface area (Å²) in [6.07, 6.45) is -3.25. The van der Waals surface area contributed by atoms with Crippen molar-refractivity contribution in [1.82, 2.24) is 4.98 Å². The van der Waals surface area contributed by atoms with Gasteiger partial charge in [0.25, 0.3) is 5.19 Å². The van der Waals surface area contributed by atoms with E-state index in [1.165, 1.54) is 6.20 Å². The van der Waals surface area contributed by atoms with Crippen LogP contribution in [0.15, 0.2) is 6.20 Å². The van der Waals surface area contributed by atoms with Crippen molar-refractivity contribution in [2.45, 2.75) is 26.1 Å². The minimum atomic E-state index is -4.65. The Morgan fingerprint density at radius 1 is 1.46 bits per heavy atom. The third kappa shape index (κ3) is 3.22. The molecule has 0 fully saturated rings. The largest absolute Gasteiger partial charge is 0.574 e. The number of rotatable bonds is 2. The van der Waals surface area contributed by atoms with Gasteiger partial charge < -0.3 is 4.74 Å². The highest BCUT2D eigenvalue weighted by Crippen LogP contribution is 2.30. The molecule has 0 N–H and O–H groups in total. The van der Waals surface area contributed by atoms with Crippen LogP contribution in [0.2, 0.25) is 0 Å². The van der Waals surface area contributed by atoms with Crippen LogP contribution in [0.1, 0.15) is 24.6 Å². The van der Waals surface area contributed by atoms with E-state index in [-0.39, 0.29) is 11.1 Å². The molecule has 0 aromatic carbocycles. The van der Waals surface area contributed by atoms with Gasteiger partial charge in [0.2, 0.25) is 0 Å². The molecule has 0 unspecified atom stereocenters. The summed E-state index contributed by atoms with van der Waals surface area (Å²) in [6, 6.07) is 0. The van der Waals surface area contributed by atoms with Gasteiger partial charge in [0.1, 0.15) is 0 Å². The van der Waals surface area contributed by atoms with E-state index in [2.05, 4.69) is 9.72 Å². The van der Waals surface area contributed by atoms with Gasteiger partial charge in [-0.15, -0.1) is 13.2 Å². The van der Waals surface area contributed by atoms with Crippen molar-refractivity contribution in [3.8, 4) is 5.19 Å². The Bertz CT molecular complexity index is 282. The minimum absolute atomic E-state index is 0.170. The highest BCUT2D eigenvalue weighted by atomic mass is 32.1. The first-order valence-corrected chi connectivity index (χ1v) is 4.41. The number of hydrogen-bond donors (Lipinski definition) is 0. The molecule has 0 aliphatic rings. The Labute approximate surface area is 77.4 Å². The standard InChI is InChI=1S/C7H8F3NOS/c1-4(2)5-3-11-6(13-5)12-7(8,9)10/h3-4H,1-2H3. The molecule has 0 spiro atoms. The fourth-order valence-corrected chi connectivity index (χ4v) is 1.47. The molecule has 6 heteroatoms. The van der Waals surface area contributed by atoms with Gasteiger partial charge in [-0.05, 0) is 5.92 Å². The molecule has 0 saturated heterocycles. The third-order valence-corrected chi connectivity index (χ3v) is 2.45. The maximum absolute atomic E-state index is 11.7. The molecule has 0 aliphatic carbocycles. The predicted molar refractivity (Wildman–Crippen MR) is 42.9 cm³/mol. The molecule has 0 atom stereocenters. The third-order valence-electron chi connectivity index (χ3n) is 1.27. The summed E-state index contributed by atoms with van der Waals surface area (Å²) in [5, 5.41) is -0.351. The number of nitrogens with zero attached hydrogens (tertiary/aromatic N) is 1. The molecular weight excluding hydrogens is 203 g/mol. The second-order valence-electron chi connectivity index (χ2n) is 2.73. The number of alkyl halides is 3. The Hall–Kier alpha value is -0.780. The lowest BCUT2D eigenvalue weighted by atomic mass is 10.2. The summed E-state index contributed by atoms with van der Waals surface area (Å²) in [5.41, 5.74) is 0. The average Bonchev–Trinajstić information content (AvgIpc) is 2.31. The lowest BCUT2D eigenvalue weighted by molar-refractivity contribution is -0.274.